The van der Waals surface area contributed by atoms with Crippen LogP contribution in [0.15, 0.2) is 116 Å². The predicted molar refractivity (Wildman–Crippen MR) is 137 cm³/mol. The quantitative estimate of drug-likeness (QED) is 0.246. The highest BCUT2D eigenvalue weighted by atomic mass is 16.5. The number of ether oxygens (including phenoxy) is 2. The smallest absolute Gasteiger partial charge is 0.138 e. The second-order valence-electron chi connectivity index (χ2n) is 7.87. The summed E-state index contributed by atoms with van der Waals surface area (Å²) >= 11 is 0. The van der Waals surface area contributed by atoms with E-state index in [1.54, 1.807) is 12.4 Å². The van der Waals surface area contributed by atoms with Crippen molar-refractivity contribution in [2.45, 2.75) is 6.61 Å². The lowest BCUT2D eigenvalue weighted by atomic mass is 10.0. The molecule has 0 aliphatic carbocycles. The molecule has 0 aliphatic rings. The molecule has 0 saturated carbocycles. The van der Waals surface area contributed by atoms with Crippen molar-refractivity contribution in [1.29, 1.82) is 0 Å². The number of hydrogen-bond acceptors (Lipinski definition) is 4. The van der Waals surface area contributed by atoms with Gasteiger partial charge in [0.2, 0.25) is 0 Å². The largest absolute Gasteiger partial charge is 0.487 e. The second kappa shape index (κ2) is 10.5. The summed E-state index contributed by atoms with van der Waals surface area (Å²) in [5.41, 5.74) is 5.14. The van der Waals surface area contributed by atoms with Crippen LogP contribution in [0.3, 0.4) is 0 Å². The minimum Gasteiger partial charge on any atom is -0.487 e. The molecular weight excluding hydrogens is 420 g/mol. The second-order valence-corrected chi connectivity index (χ2v) is 7.87. The van der Waals surface area contributed by atoms with Crippen molar-refractivity contribution in [3.05, 3.63) is 132 Å². The number of nitrogens with zero attached hydrogens (tertiary/aromatic N) is 2. The van der Waals surface area contributed by atoms with Crippen LogP contribution in [0.25, 0.3) is 22.6 Å². The topological polar surface area (TPSA) is 44.2 Å². The number of hydrogen-bond donors (Lipinski definition) is 0. The van der Waals surface area contributed by atoms with Crippen molar-refractivity contribution < 1.29 is 9.47 Å². The summed E-state index contributed by atoms with van der Waals surface area (Å²) in [5.74, 6) is 1.54. The van der Waals surface area contributed by atoms with Gasteiger partial charge in [0.1, 0.15) is 24.7 Å². The molecule has 4 heteroatoms. The number of aromatic nitrogens is 2. The number of para-hydroxylation sites is 1. The maximum atomic E-state index is 6.00. The van der Waals surface area contributed by atoms with E-state index < -0.39 is 0 Å². The molecule has 0 bridgehead atoms. The predicted octanol–water partition coefficient (Wildman–Crippen LogP) is 6.83. The Hall–Kier alpha value is -4.44. The average Bonchev–Trinajstić information content (AvgIpc) is 2.91. The zero-order valence-corrected chi connectivity index (χ0v) is 18.7. The molecule has 5 rings (SSSR count). The summed E-state index contributed by atoms with van der Waals surface area (Å²) in [5, 5.41) is 1.13. The van der Waals surface area contributed by atoms with Crippen molar-refractivity contribution in [2.75, 3.05) is 6.61 Å². The zero-order chi connectivity index (χ0) is 23.0. The van der Waals surface area contributed by atoms with Gasteiger partial charge in [-0.15, -0.1) is 0 Å². The lowest BCUT2D eigenvalue weighted by Crippen LogP contribution is -2.02. The van der Waals surface area contributed by atoms with Crippen LogP contribution in [0.5, 0.6) is 11.5 Å². The Balaban J connectivity index is 1.31. The molecule has 0 aliphatic heterocycles. The highest BCUT2D eigenvalue weighted by Gasteiger charge is 2.06. The van der Waals surface area contributed by atoms with Crippen LogP contribution in [0.4, 0.5) is 0 Å². The van der Waals surface area contributed by atoms with E-state index in [9.17, 15) is 0 Å². The Kier molecular flexibility index (Phi) is 6.58. The van der Waals surface area contributed by atoms with Gasteiger partial charge >= 0.3 is 0 Å². The molecule has 0 unspecified atom stereocenters. The van der Waals surface area contributed by atoms with Crippen molar-refractivity contribution in [3.63, 3.8) is 0 Å². The molecule has 2 aromatic heterocycles. The monoisotopic (exact) mass is 444 g/mol. The van der Waals surface area contributed by atoms with Crippen LogP contribution in [0.1, 0.15) is 16.8 Å². The number of benzene rings is 3. The first-order valence-corrected chi connectivity index (χ1v) is 11.2. The minimum absolute atomic E-state index is 0.418. The zero-order valence-electron chi connectivity index (χ0n) is 18.7. The summed E-state index contributed by atoms with van der Waals surface area (Å²) in [4.78, 5) is 8.81. The van der Waals surface area contributed by atoms with Crippen LogP contribution < -0.4 is 9.47 Å². The van der Waals surface area contributed by atoms with Crippen LogP contribution in [-0.2, 0) is 6.61 Å². The van der Waals surface area contributed by atoms with Crippen molar-refractivity contribution >= 4 is 22.6 Å². The van der Waals surface area contributed by atoms with Crippen LogP contribution in [-0.4, -0.2) is 16.6 Å². The lowest BCUT2D eigenvalue weighted by Gasteiger charge is -2.12. The van der Waals surface area contributed by atoms with Gasteiger partial charge in [0.25, 0.3) is 0 Å². The molecule has 0 N–H and O–H groups in total. The average molecular weight is 445 g/mol. The Bertz CT molecular complexity index is 1380. The molecule has 0 radical (unpaired) electrons. The third kappa shape index (κ3) is 5.48. The minimum atomic E-state index is 0.418. The molecule has 4 nitrogen and oxygen atoms in total. The maximum Gasteiger partial charge on any atom is 0.138 e. The summed E-state index contributed by atoms with van der Waals surface area (Å²) in [6.07, 6.45) is 5.60. The maximum absolute atomic E-state index is 6.00. The van der Waals surface area contributed by atoms with Crippen molar-refractivity contribution in [1.82, 2.24) is 9.97 Å². The first kappa shape index (κ1) is 21.4. The van der Waals surface area contributed by atoms with Crippen molar-refractivity contribution in [2.24, 2.45) is 0 Å². The van der Waals surface area contributed by atoms with E-state index in [0.717, 1.165) is 44.8 Å². The molecule has 0 spiro atoms. The van der Waals surface area contributed by atoms with Gasteiger partial charge in [0.15, 0.2) is 0 Å². The molecule has 0 amide bonds. The van der Waals surface area contributed by atoms with Crippen LogP contribution in [0, 0.1) is 0 Å². The molecule has 5 aromatic rings. The highest BCUT2D eigenvalue weighted by Crippen LogP contribution is 2.23. The first-order valence-electron chi connectivity index (χ1n) is 11.2. The van der Waals surface area contributed by atoms with E-state index in [-0.39, 0.29) is 0 Å². The standard InChI is InChI=1S/C30H24N2O2/c1-2-7-23(8-3-1)19-26(21-33-29-10-6-18-31-20-29)24-13-16-28(17-14-24)34-22-27-15-12-25-9-4-5-11-30(25)32-27/h1-20H,21-22H2/b26-19+. The Morgan fingerprint density at radius 3 is 2.35 bits per heavy atom. The van der Waals surface area contributed by atoms with E-state index in [2.05, 4.69) is 52.4 Å². The summed E-state index contributed by atoms with van der Waals surface area (Å²) in [6.45, 7) is 0.850. The van der Waals surface area contributed by atoms with E-state index in [1.807, 2.05) is 66.7 Å². The van der Waals surface area contributed by atoms with E-state index in [4.69, 9.17) is 9.47 Å². The fraction of sp³-hybridized carbons (Fsp3) is 0.0667. The van der Waals surface area contributed by atoms with Gasteiger partial charge in [-0.1, -0.05) is 66.7 Å². The third-order valence-electron chi connectivity index (χ3n) is 5.44. The van der Waals surface area contributed by atoms with E-state index in [1.165, 1.54) is 0 Å². The summed E-state index contributed by atoms with van der Waals surface area (Å²) in [6, 6.07) is 34.3. The van der Waals surface area contributed by atoms with Gasteiger partial charge in [-0.25, -0.2) is 4.98 Å². The number of rotatable bonds is 8. The Morgan fingerprint density at radius 1 is 0.706 bits per heavy atom. The molecule has 2 heterocycles. The van der Waals surface area contributed by atoms with Gasteiger partial charge in [0.05, 0.1) is 17.4 Å². The van der Waals surface area contributed by atoms with Gasteiger partial charge in [0, 0.05) is 11.6 Å². The fourth-order valence-corrected chi connectivity index (χ4v) is 3.66. The van der Waals surface area contributed by atoms with E-state index >= 15 is 0 Å². The SMILES string of the molecule is C(=C(/COc1cccnc1)c1ccc(OCc2ccc3ccccc3n2)cc1)/c1ccccc1. The molecule has 3 aromatic carbocycles. The first-order chi connectivity index (χ1) is 16.8. The van der Waals surface area contributed by atoms with Crippen LogP contribution in [0.2, 0.25) is 0 Å². The Labute approximate surface area is 199 Å². The number of pyridine rings is 2. The van der Waals surface area contributed by atoms with Gasteiger partial charge in [-0.05, 0) is 59.2 Å². The van der Waals surface area contributed by atoms with E-state index in [0.29, 0.717) is 13.2 Å². The van der Waals surface area contributed by atoms with Gasteiger partial charge in [-0.2, -0.15) is 0 Å². The molecule has 0 atom stereocenters. The molecule has 0 saturated heterocycles. The Morgan fingerprint density at radius 2 is 1.53 bits per heavy atom. The number of fused-ring (bicyclic) bond motifs is 1. The molecule has 0 fully saturated rings. The normalized spacial score (nSPS) is 11.4. The summed E-state index contributed by atoms with van der Waals surface area (Å²) in [7, 11) is 0. The van der Waals surface area contributed by atoms with Crippen molar-refractivity contribution in [3.8, 4) is 11.5 Å². The third-order valence-corrected chi connectivity index (χ3v) is 5.44. The summed E-state index contributed by atoms with van der Waals surface area (Å²) < 4.78 is 12.0. The molecule has 166 valence electrons. The lowest BCUT2D eigenvalue weighted by molar-refractivity contribution is 0.302. The highest BCUT2D eigenvalue weighted by molar-refractivity contribution is 5.82. The molecule has 34 heavy (non-hydrogen) atoms. The molecular formula is C30H24N2O2. The van der Waals surface area contributed by atoms with Crippen LogP contribution >= 0.6 is 0 Å². The fourth-order valence-electron chi connectivity index (χ4n) is 3.66. The van der Waals surface area contributed by atoms with Gasteiger partial charge in [-0.3, -0.25) is 4.98 Å². The van der Waals surface area contributed by atoms with Gasteiger partial charge < -0.3 is 9.47 Å².